The van der Waals surface area contributed by atoms with Gasteiger partial charge in [0.05, 0.1) is 12.2 Å². The van der Waals surface area contributed by atoms with Crippen LogP contribution in [0.4, 0.5) is 0 Å². The van der Waals surface area contributed by atoms with Crippen LogP contribution in [-0.4, -0.2) is 12.2 Å². The first-order valence-electron chi connectivity index (χ1n) is 5.38. The Morgan fingerprint density at radius 1 is 1.29 bits per heavy atom. The van der Waals surface area contributed by atoms with E-state index in [-0.39, 0.29) is 0 Å². The molecule has 0 N–H and O–H groups in total. The third-order valence-corrected chi connectivity index (χ3v) is 3.04. The van der Waals surface area contributed by atoms with Crippen LogP contribution in [0.25, 0.3) is 0 Å². The summed E-state index contributed by atoms with van der Waals surface area (Å²) in [6, 6.07) is 6.68. The zero-order chi connectivity index (χ0) is 10.1. The highest BCUT2D eigenvalue weighted by Gasteiger charge is 2.33. The summed E-state index contributed by atoms with van der Waals surface area (Å²) in [6.07, 6.45) is 3.35. The second-order valence-corrected chi connectivity index (χ2v) is 4.35. The number of rotatable bonds is 3. The lowest BCUT2D eigenvalue weighted by Crippen LogP contribution is -1.96. The van der Waals surface area contributed by atoms with E-state index in [1.54, 1.807) is 0 Å². The Hall–Kier alpha value is -0.820. The quantitative estimate of drug-likeness (QED) is 0.667. The average molecular weight is 190 g/mol. The summed E-state index contributed by atoms with van der Waals surface area (Å²) >= 11 is 0. The molecule has 0 spiro atoms. The van der Waals surface area contributed by atoms with Crippen molar-refractivity contribution in [2.45, 2.75) is 45.8 Å². The minimum atomic E-state index is 0.500. The van der Waals surface area contributed by atoms with Crippen molar-refractivity contribution in [3.8, 4) is 0 Å². The van der Waals surface area contributed by atoms with E-state index in [4.69, 9.17) is 4.74 Å². The molecule has 1 heterocycles. The molecule has 0 aromatic heterocycles. The Balaban J connectivity index is 1.97. The van der Waals surface area contributed by atoms with Crippen molar-refractivity contribution in [3.63, 3.8) is 0 Å². The fourth-order valence-electron chi connectivity index (χ4n) is 1.90. The van der Waals surface area contributed by atoms with Crippen LogP contribution in [0, 0.1) is 13.8 Å². The molecule has 2 atom stereocenters. The van der Waals surface area contributed by atoms with E-state index in [9.17, 15) is 0 Å². The van der Waals surface area contributed by atoms with Crippen LogP contribution in [0.5, 0.6) is 0 Å². The number of aryl methyl sites for hydroxylation is 3. The van der Waals surface area contributed by atoms with Crippen LogP contribution in [0.2, 0.25) is 0 Å². The highest BCUT2D eigenvalue weighted by atomic mass is 16.6. The minimum absolute atomic E-state index is 0.500. The van der Waals surface area contributed by atoms with Crippen LogP contribution in [0.3, 0.4) is 0 Å². The van der Waals surface area contributed by atoms with Gasteiger partial charge in [0.25, 0.3) is 0 Å². The van der Waals surface area contributed by atoms with Gasteiger partial charge in [0.2, 0.25) is 0 Å². The molecule has 0 radical (unpaired) electrons. The fraction of sp³-hybridized carbons (Fsp3) is 0.538. The molecule has 0 saturated carbocycles. The van der Waals surface area contributed by atoms with Gasteiger partial charge in [-0.05, 0) is 44.7 Å². The van der Waals surface area contributed by atoms with Gasteiger partial charge in [-0.25, -0.2) is 0 Å². The number of ether oxygens (including phenoxy) is 1. The summed E-state index contributed by atoms with van der Waals surface area (Å²) in [5.41, 5.74) is 4.24. The molecule has 2 rings (SSSR count). The zero-order valence-corrected chi connectivity index (χ0v) is 9.21. The van der Waals surface area contributed by atoms with Gasteiger partial charge >= 0.3 is 0 Å². The summed E-state index contributed by atoms with van der Waals surface area (Å²) in [5, 5.41) is 0. The normalized spacial score (nSPS) is 25.1. The van der Waals surface area contributed by atoms with Crippen molar-refractivity contribution in [3.05, 3.63) is 34.9 Å². The second kappa shape index (κ2) is 3.74. The fourth-order valence-corrected chi connectivity index (χ4v) is 1.90. The van der Waals surface area contributed by atoms with E-state index in [2.05, 4.69) is 39.0 Å². The van der Waals surface area contributed by atoms with Gasteiger partial charge in [-0.3, -0.25) is 0 Å². The first-order valence-corrected chi connectivity index (χ1v) is 5.38. The van der Waals surface area contributed by atoms with E-state index in [0.717, 1.165) is 6.42 Å². The van der Waals surface area contributed by atoms with E-state index in [0.29, 0.717) is 12.2 Å². The van der Waals surface area contributed by atoms with Gasteiger partial charge in [-0.15, -0.1) is 0 Å². The lowest BCUT2D eigenvalue weighted by Gasteiger charge is -2.05. The van der Waals surface area contributed by atoms with Gasteiger partial charge in [-0.2, -0.15) is 0 Å². The lowest BCUT2D eigenvalue weighted by atomic mass is 10.0. The molecular weight excluding hydrogens is 172 g/mol. The number of epoxide rings is 1. The van der Waals surface area contributed by atoms with Gasteiger partial charge in [0.1, 0.15) is 0 Å². The Morgan fingerprint density at radius 3 is 2.64 bits per heavy atom. The highest BCUT2D eigenvalue weighted by molar-refractivity contribution is 5.30. The molecular formula is C13H18O. The van der Waals surface area contributed by atoms with E-state index in [1.165, 1.54) is 23.1 Å². The van der Waals surface area contributed by atoms with Crippen LogP contribution < -0.4 is 0 Å². The summed E-state index contributed by atoms with van der Waals surface area (Å²) in [4.78, 5) is 0. The molecule has 0 bridgehead atoms. The Bertz CT molecular complexity index is 330. The van der Waals surface area contributed by atoms with E-state index in [1.807, 2.05) is 0 Å². The summed E-state index contributed by atoms with van der Waals surface area (Å²) in [5.74, 6) is 0. The Labute approximate surface area is 86.1 Å². The SMILES string of the molecule is Cc1ccc(C)c(CCC2OC2C)c1. The topological polar surface area (TPSA) is 12.5 Å². The molecule has 1 aliphatic heterocycles. The van der Waals surface area contributed by atoms with E-state index >= 15 is 0 Å². The maximum absolute atomic E-state index is 5.41. The van der Waals surface area contributed by atoms with Crippen LogP contribution in [-0.2, 0) is 11.2 Å². The lowest BCUT2D eigenvalue weighted by molar-refractivity contribution is 0.370. The zero-order valence-electron chi connectivity index (χ0n) is 9.21. The van der Waals surface area contributed by atoms with Crippen molar-refractivity contribution in [1.29, 1.82) is 0 Å². The monoisotopic (exact) mass is 190 g/mol. The largest absolute Gasteiger partial charge is 0.370 e. The number of hydrogen-bond donors (Lipinski definition) is 0. The molecule has 0 aliphatic carbocycles. The van der Waals surface area contributed by atoms with Crippen molar-refractivity contribution < 1.29 is 4.74 Å². The molecule has 1 nitrogen and oxygen atoms in total. The summed E-state index contributed by atoms with van der Waals surface area (Å²) in [7, 11) is 0. The number of hydrogen-bond acceptors (Lipinski definition) is 1. The van der Waals surface area contributed by atoms with E-state index < -0.39 is 0 Å². The predicted octanol–water partition coefficient (Wildman–Crippen LogP) is 3.02. The first-order chi connectivity index (χ1) is 6.66. The maximum Gasteiger partial charge on any atom is 0.0842 e. The Kier molecular flexibility index (Phi) is 2.60. The standard InChI is InChI=1S/C13H18O/c1-9-4-5-10(2)12(8-9)6-7-13-11(3)14-13/h4-5,8,11,13H,6-7H2,1-3H3. The molecule has 1 heteroatoms. The molecule has 2 unspecified atom stereocenters. The second-order valence-electron chi connectivity index (χ2n) is 4.35. The van der Waals surface area contributed by atoms with Gasteiger partial charge in [0, 0.05) is 0 Å². The summed E-state index contributed by atoms with van der Waals surface area (Å²) < 4.78 is 5.41. The minimum Gasteiger partial charge on any atom is -0.370 e. The molecule has 1 aromatic rings. The molecule has 76 valence electrons. The third-order valence-electron chi connectivity index (χ3n) is 3.04. The molecule has 1 saturated heterocycles. The predicted molar refractivity (Wildman–Crippen MR) is 58.6 cm³/mol. The average Bonchev–Trinajstić information content (AvgIpc) is 2.84. The first kappa shape index (κ1) is 9.72. The van der Waals surface area contributed by atoms with Gasteiger partial charge in [-0.1, -0.05) is 23.8 Å². The van der Waals surface area contributed by atoms with Crippen molar-refractivity contribution in [1.82, 2.24) is 0 Å². The third kappa shape index (κ3) is 2.16. The summed E-state index contributed by atoms with van der Waals surface area (Å²) in [6.45, 7) is 6.49. The van der Waals surface area contributed by atoms with Crippen LogP contribution >= 0.6 is 0 Å². The maximum atomic E-state index is 5.41. The Morgan fingerprint density at radius 2 is 2.00 bits per heavy atom. The molecule has 1 fully saturated rings. The van der Waals surface area contributed by atoms with Crippen molar-refractivity contribution in [2.24, 2.45) is 0 Å². The molecule has 14 heavy (non-hydrogen) atoms. The molecule has 1 aliphatic rings. The molecule has 0 amide bonds. The van der Waals surface area contributed by atoms with Crippen molar-refractivity contribution in [2.75, 3.05) is 0 Å². The van der Waals surface area contributed by atoms with Crippen LogP contribution in [0.1, 0.15) is 30.0 Å². The van der Waals surface area contributed by atoms with Crippen molar-refractivity contribution >= 4 is 0 Å². The molecule has 1 aromatic carbocycles. The van der Waals surface area contributed by atoms with Crippen LogP contribution in [0.15, 0.2) is 18.2 Å². The number of benzene rings is 1. The smallest absolute Gasteiger partial charge is 0.0842 e. The van der Waals surface area contributed by atoms with Gasteiger partial charge < -0.3 is 4.74 Å². The highest BCUT2D eigenvalue weighted by Crippen LogP contribution is 2.26. The van der Waals surface area contributed by atoms with Gasteiger partial charge in [0.15, 0.2) is 0 Å².